The Morgan fingerprint density at radius 1 is 1.50 bits per heavy atom. The highest BCUT2D eigenvalue weighted by Crippen LogP contribution is 1.76. The van der Waals surface area contributed by atoms with Crippen LogP contribution in [-0.2, 0) is 4.79 Å². The van der Waals surface area contributed by atoms with E-state index in [1.54, 1.807) is 6.92 Å². The highest BCUT2D eigenvalue weighted by Gasteiger charge is 1.91. The molecule has 0 fully saturated rings. The molecule has 1 atom stereocenters. The van der Waals surface area contributed by atoms with E-state index in [0.29, 0.717) is 6.42 Å². The molecule has 64 valence electrons. The second kappa shape index (κ2) is 6.42. The van der Waals surface area contributed by atoms with Gasteiger partial charge in [0.25, 0.3) is 0 Å². The molecule has 3 nitrogen and oxygen atoms in total. The van der Waals surface area contributed by atoms with Gasteiger partial charge >= 0.3 is 0 Å². The van der Waals surface area contributed by atoms with Gasteiger partial charge in [0, 0.05) is 6.42 Å². The SMILES string of the molecule is CCC(=O)C#CC#CC(O)CO. The minimum absolute atomic E-state index is 0.192. The molecule has 12 heavy (non-hydrogen) atoms. The number of Topliss-reactive ketones (excluding diaryl/α,β-unsaturated/α-hetero) is 1. The molecule has 0 aliphatic rings. The van der Waals surface area contributed by atoms with Crippen molar-refractivity contribution in [3.63, 3.8) is 0 Å². The van der Waals surface area contributed by atoms with Gasteiger partial charge in [-0.3, -0.25) is 4.79 Å². The Labute approximate surface area is 71.4 Å². The Morgan fingerprint density at radius 2 is 2.17 bits per heavy atom. The Balaban J connectivity index is 3.97. The monoisotopic (exact) mass is 166 g/mol. The Hall–Kier alpha value is -1.29. The Bertz CT molecular complexity index is 259. The van der Waals surface area contributed by atoms with E-state index in [2.05, 4.69) is 23.7 Å². The molecule has 0 saturated heterocycles. The van der Waals surface area contributed by atoms with Gasteiger partial charge in [0.1, 0.15) is 6.10 Å². The topological polar surface area (TPSA) is 57.5 Å². The number of rotatable bonds is 2. The van der Waals surface area contributed by atoms with Crippen LogP contribution < -0.4 is 0 Å². The third-order valence-corrected chi connectivity index (χ3v) is 0.997. The lowest BCUT2D eigenvalue weighted by Crippen LogP contribution is -2.07. The fourth-order valence-electron chi connectivity index (χ4n) is 0.354. The standard InChI is InChI=1S/C9H10O3/c1-2-8(11)5-3-4-6-9(12)7-10/h9-10,12H,2,7H2,1H3. The van der Waals surface area contributed by atoms with Gasteiger partial charge in [0.05, 0.1) is 6.61 Å². The molecule has 0 aliphatic carbocycles. The number of aliphatic hydroxyl groups is 2. The maximum Gasteiger partial charge on any atom is 0.206 e. The molecule has 0 saturated carbocycles. The lowest BCUT2D eigenvalue weighted by molar-refractivity contribution is -0.113. The van der Waals surface area contributed by atoms with E-state index in [9.17, 15) is 4.79 Å². The van der Waals surface area contributed by atoms with E-state index < -0.39 is 12.7 Å². The van der Waals surface area contributed by atoms with Crippen LogP contribution >= 0.6 is 0 Å². The van der Waals surface area contributed by atoms with Gasteiger partial charge in [-0.05, 0) is 17.8 Å². The van der Waals surface area contributed by atoms with E-state index in [4.69, 9.17) is 10.2 Å². The highest BCUT2D eigenvalue weighted by molar-refractivity contribution is 5.95. The number of aliphatic hydroxyl groups excluding tert-OH is 2. The number of carbonyl (C=O) groups excluding carboxylic acids is 1. The zero-order valence-electron chi connectivity index (χ0n) is 6.79. The fourth-order valence-corrected chi connectivity index (χ4v) is 0.354. The Kier molecular flexibility index (Phi) is 5.73. The normalized spacial score (nSPS) is 10.2. The molecule has 0 aromatic carbocycles. The van der Waals surface area contributed by atoms with Crippen molar-refractivity contribution in [1.29, 1.82) is 0 Å². The second-order valence-corrected chi connectivity index (χ2v) is 1.99. The zero-order chi connectivity index (χ0) is 9.40. The molecule has 0 aromatic heterocycles. The molecule has 0 heterocycles. The van der Waals surface area contributed by atoms with Crippen molar-refractivity contribution in [3.05, 3.63) is 0 Å². The van der Waals surface area contributed by atoms with Crippen molar-refractivity contribution in [3.8, 4) is 23.7 Å². The molecule has 0 radical (unpaired) electrons. The van der Waals surface area contributed by atoms with Gasteiger partial charge in [-0.25, -0.2) is 0 Å². The molecular weight excluding hydrogens is 156 g/mol. The first-order valence-corrected chi connectivity index (χ1v) is 3.54. The summed E-state index contributed by atoms with van der Waals surface area (Å²) < 4.78 is 0. The minimum Gasteiger partial charge on any atom is -0.393 e. The van der Waals surface area contributed by atoms with Crippen LogP contribution in [0.3, 0.4) is 0 Å². The van der Waals surface area contributed by atoms with Gasteiger partial charge in [-0.2, -0.15) is 0 Å². The summed E-state index contributed by atoms with van der Waals surface area (Å²) in [5.74, 6) is 8.83. The summed E-state index contributed by atoms with van der Waals surface area (Å²) in [5.41, 5.74) is 0. The summed E-state index contributed by atoms with van der Waals surface area (Å²) >= 11 is 0. The largest absolute Gasteiger partial charge is 0.393 e. The second-order valence-electron chi connectivity index (χ2n) is 1.99. The molecular formula is C9H10O3. The van der Waals surface area contributed by atoms with Crippen LogP contribution in [0, 0.1) is 23.7 Å². The maximum absolute atomic E-state index is 10.6. The van der Waals surface area contributed by atoms with E-state index in [1.807, 2.05) is 0 Å². The van der Waals surface area contributed by atoms with Crippen molar-refractivity contribution >= 4 is 5.78 Å². The first-order chi connectivity index (χ1) is 5.70. The summed E-state index contributed by atoms with van der Waals surface area (Å²) in [6.07, 6.45) is -0.715. The molecule has 3 heteroatoms. The van der Waals surface area contributed by atoms with Crippen molar-refractivity contribution < 1.29 is 15.0 Å². The smallest absolute Gasteiger partial charge is 0.206 e. The van der Waals surface area contributed by atoms with Crippen molar-refractivity contribution in [2.75, 3.05) is 6.61 Å². The molecule has 2 N–H and O–H groups in total. The predicted molar refractivity (Wildman–Crippen MR) is 43.9 cm³/mol. The van der Waals surface area contributed by atoms with Crippen molar-refractivity contribution in [2.45, 2.75) is 19.4 Å². The lowest BCUT2D eigenvalue weighted by atomic mass is 10.3. The molecule has 0 rings (SSSR count). The van der Waals surface area contributed by atoms with Crippen LogP contribution in [-0.4, -0.2) is 28.7 Å². The van der Waals surface area contributed by atoms with Crippen LogP contribution in [0.2, 0.25) is 0 Å². The van der Waals surface area contributed by atoms with Gasteiger partial charge in [0.2, 0.25) is 5.78 Å². The van der Waals surface area contributed by atoms with Gasteiger partial charge in [0.15, 0.2) is 0 Å². The van der Waals surface area contributed by atoms with Crippen LogP contribution in [0.1, 0.15) is 13.3 Å². The number of hydrogen-bond donors (Lipinski definition) is 2. The summed E-state index contributed by atoms with van der Waals surface area (Å²) in [4.78, 5) is 10.6. The summed E-state index contributed by atoms with van der Waals surface area (Å²) in [5, 5.41) is 17.0. The third-order valence-electron chi connectivity index (χ3n) is 0.997. The summed E-state index contributed by atoms with van der Waals surface area (Å²) in [6, 6.07) is 0. The lowest BCUT2D eigenvalue weighted by Gasteiger charge is -1.90. The first kappa shape index (κ1) is 10.7. The van der Waals surface area contributed by atoms with E-state index >= 15 is 0 Å². The average Bonchev–Trinajstić information content (AvgIpc) is 2.11. The molecule has 0 bridgehead atoms. The summed E-state index contributed by atoms with van der Waals surface area (Å²) in [6.45, 7) is 1.28. The highest BCUT2D eigenvalue weighted by atomic mass is 16.3. The molecule has 0 aromatic rings. The van der Waals surface area contributed by atoms with E-state index in [1.165, 1.54) is 0 Å². The minimum atomic E-state index is -1.07. The number of ketones is 1. The molecule has 1 unspecified atom stereocenters. The van der Waals surface area contributed by atoms with Crippen LogP contribution in [0.25, 0.3) is 0 Å². The maximum atomic E-state index is 10.6. The Morgan fingerprint density at radius 3 is 2.67 bits per heavy atom. The fraction of sp³-hybridized carbons (Fsp3) is 0.444. The van der Waals surface area contributed by atoms with Crippen LogP contribution in [0.5, 0.6) is 0 Å². The molecule has 0 aliphatic heterocycles. The summed E-state index contributed by atoms with van der Waals surface area (Å²) in [7, 11) is 0. The van der Waals surface area contributed by atoms with Crippen molar-refractivity contribution in [1.82, 2.24) is 0 Å². The average molecular weight is 166 g/mol. The van der Waals surface area contributed by atoms with Crippen molar-refractivity contribution in [2.24, 2.45) is 0 Å². The van der Waals surface area contributed by atoms with Crippen LogP contribution in [0.15, 0.2) is 0 Å². The van der Waals surface area contributed by atoms with Gasteiger partial charge < -0.3 is 10.2 Å². The van der Waals surface area contributed by atoms with Crippen LogP contribution in [0.4, 0.5) is 0 Å². The first-order valence-electron chi connectivity index (χ1n) is 3.54. The molecule has 0 amide bonds. The molecule has 0 spiro atoms. The van der Waals surface area contributed by atoms with Gasteiger partial charge in [-0.1, -0.05) is 12.8 Å². The zero-order valence-corrected chi connectivity index (χ0v) is 6.79. The number of hydrogen-bond acceptors (Lipinski definition) is 3. The number of carbonyl (C=O) groups is 1. The quantitative estimate of drug-likeness (QED) is 0.422. The third kappa shape index (κ3) is 5.49. The van der Waals surface area contributed by atoms with E-state index in [0.717, 1.165) is 0 Å². The van der Waals surface area contributed by atoms with Gasteiger partial charge in [-0.15, -0.1) is 0 Å². The van der Waals surface area contributed by atoms with E-state index in [-0.39, 0.29) is 5.78 Å². The predicted octanol–water partition coefficient (Wildman–Crippen LogP) is -0.675.